The lowest BCUT2D eigenvalue weighted by molar-refractivity contribution is -0.155. The zero-order chi connectivity index (χ0) is 14.0. The van der Waals surface area contributed by atoms with Crippen LogP contribution < -0.4 is 0 Å². The van der Waals surface area contributed by atoms with E-state index in [9.17, 15) is 4.79 Å². The Morgan fingerprint density at radius 2 is 1.89 bits per heavy atom. The predicted octanol–water partition coefficient (Wildman–Crippen LogP) is 4.57. The summed E-state index contributed by atoms with van der Waals surface area (Å²) in [5.74, 6) is 0.778. The van der Waals surface area contributed by atoms with E-state index in [1.54, 1.807) is 0 Å². The highest BCUT2D eigenvalue weighted by Gasteiger charge is 2.34. The summed E-state index contributed by atoms with van der Waals surface area (Å²) in [7, 11) is 0. The van der Waals surface area contributed by atoms with Gasteiger partial charge in [-0.05, 0) is 63.1 Å². The summed E-state index contributed by atoms with van der Waals surface area (Å²) in [5, 5.41) is 0.732. The Morgan fingerprint density at radius 3 is 2.37 bits per heavy atom. The van der Waals surface area contributed by atoms with E-state index in [0.717, 1.165) is 5.02 Å². The molecule has 0 N–H and O–H groups in total. The van der Waals surface area contributed by atoms with Crippen LogP contribution in [0.25, 0.3) is 0 Å². The van der Waals surface area contributed by atoms with Crippen molar-refractivity contribution < 1.29 is 9.53 Å². The van der Waals surface area contributed by atoms with Crippen molar-refractivity contribution in [1.29, 1.82) is 0 Å². The first-order valence-electron chi connectivity index (χ1n) is 6.82. The van der Waals surface area contributed by atoms with E-state index in [-0.39, 0.29) is 11.9 Å². The molecule has 0 amide bonds. The molecule has 3 heteroatoms. The highest BCUT2D eigenvalue weighted by atomic mass is 35.5. The van der Waals surface area contributed by atoms with Crippen molar-refractivity contribution in [3.63, 3.8) is 0 Å². The molecule has 2 rings (SSSR count). The molecule has 0 aliphatic heterocycles. The van der Waals surface area contributed by atoms with Crippen LogP contribution in [0.3, 0.4) is 0 Å². The average molecular weight is 281 g/mol. The van der Waals surface area contributed by atoms with Crippen LogP contribution in [-0.2, 0) is 9.53 Å². The lowest BCUT2D eigenvalue weighted by Crippen LogP contribution is -2.25. The third-order valence-electron chi connectivity index (χ3n) is 3.30. The smallest absolute Gasteiger partial charge is 0.306 e. The van der Waals surface area contributed by atoms with E-state index in [0.29, 0.717) is 12.3 Å². The van der Waals surface area contributed by atoms with Gasteiger partial charge >= 0.3 is 5.97 Å². The molecule has 1 aromatic carbocycles. The van der Waals surface area contributed by atoms with Gasteiger partial charge in [-0.3, -0.25) is 4.79 Å². The molecule has 104 valence electrons. The van der Waals surface area contributed by atoms with Gasteiger partial charge in [0.1, 0.15) is 5.60 Å². The largest absolute Gasteiger partial charge is 0.460 e. The van der Waals surface area contributed by atoms with E-state index in [1.165, 1.54) is 18.4 Å². The third kappa shape index (κ3) is 4.54. The molecule has 0 radical (unpaired) electrons. The molecule has 2 nitrogen and oxygen atoms in total. The summed E-state index contributed by atoms with van der Waals surface area (Å²) in [6.07, 6.45) is 2.87. The first-order chi connectivity index (χ1) is 8.85. The zero-order valence-corrected chi connectivity index (χ0v) is 12.5. The molecule has 0 spiro atoms. The van der Waals surface area contributed by atoms with E-state index in [1.807, 2.05) is 45.0 Å². The molecular weight excluding hydrogens is 260 g/mol. The fourth-order valence-corrected chi connectivity index (χ4v) is 2.45. The van der Waals surface area contributed by atoms with Crippen LogP contribution in [0.15, 0.2) is 24.3 Å². The van der Waals surface area contributed by atoms with Crippen LogP contribution in [0.5, 0.6) is 0 Å². The number of carbonyl (C=O) groups excluding carboxylic acids is 1. The minimum atomic E-state index is -0.412. The van der Waals surface area contributed by atoms with Crippen LogP contribution in [0.4, 0.5) is 0 Å². The molecule has 1 atom stereocenters. The van der Waals surface area contributed by atoms with Crippen molar-refractivity contribution >= 4 is 17.6 Å². The average Bonchev–Trinajstić information content (AvgIpc) is 3.08. The summed E-state index contributed by atoms with van der Waals surface area (Å²) in [6.45, 7) is 5.71. The molecular formula is C16H21ClO2. The number of esters is 1. The SMILES string of the molecule is CC(C)(C)OC(=O)C[C@@H](c1ccc(Cl)cc1)C1CC1. The molecule has 0 aromatic heterocycles. The van der Waals surface area contributed by atoms with Gasteiger partial charge in [-0.25, -0.2) is 0 Å². The Balaban J connectivity index is 2.05. The second-order valence-corrected chi connectivity index (χ2v) is 6.72. The van der Waals surface area contributed by atoms with Gasteiger partial charge in [0.2, 0.25) is 0 Å². The molecule has 1 fully saturated rings. The van der Waals surface area contributed by atoms with Crippen molar-refractivity contribution in [1.82, 2.24) is 0 Å². The van der Waals surface area contributed by atoms with Gasteiger partial charge < -0.3 is 4.74 Å². The van der Waals surface area contributed by atoms with Gasteiger partial charge in [0.25, 0.3) is 0 Å². The van der Waals surface area contributed by atoms with E-state index < -0.39 is 5.60 Å². The number of rotatable bonds is 4. The lowest BCUT2D eigenvalue weighted by atomic mass is 9.91. The fourth-order valence-electron chi connectivity index (χ4n) is 2.33. The predicted molar refractivity (Wildman–Crippen MR) is 77.4 cm³/mol. The summed E-state index contributed by atoms with van der Waals surface area (Å²) in [5.41, 5.74) is 0.781. The van der Waals surface area contributed by atoms with Gasteiger partial charge in [-0.1, -0.05) is 23.7 Å². The molecule has 1 saturated carbocycles. The maximum absolute atomic E-state index is 12.0. The maximum atomic E-state index is 12.0. The molecule has 1 aliphatic rings. The Morgan fingerprint density at radius 1 is 1.32 bits per heavy atom. The lowest BCUT2D eigenvalue weighted by Gasteiger charge is -2.22. The monoisotopic (exact) mass is 280 g/mol. The van der Waals surface area contributed by atoms with Crippen molar-refractivity contribution in [3.8, 4) is 0 Å². The van der Waals surface area contributed by atoms with Gasteiger partial charge in [0.05, 0.1) is 6.42 Å². The number of hydrogen-bond acceptors (Lipinski definition) is 2. The van der Waals surface area contributed by atoms with E-state index in [2.05, 4.69) is 0 Å². The number of ether oxygens (including phenoxy) is 1. The van der Waals surface area contributed by atoms with Gasteiger partial charge in [0, 0.05) is 5.02 Å². The van der Waals surface area contributed by atoms with Crippen LogP contribution >= 0.6 is 11.6 Å². The fraction of sp³-hybridized carbons (Fsp3) is 0.562. The maximum Gasteiger partial charge on any atom is 0.306 e. The summed E-state index contributed by atoms with van der Waals surface area (Å²) < 4.78 is 5.43. The second kappa shape index (κ2) is 5.54. The normalized spacial score (nSPS) is 17.1. The number of hydrogen-bond donors (Lipinski definition) is 0. The van der Waals surface area contributed by atoms with Gasteiger partial charge in [-0.2, -0.15) is 0 Å². The zero-order valence-electron chi connectivity index (χ0n) is 11.8. The Bertz CT molecular complexity index is 441. The topological polar surface area (TPSA) is 26.3 Å². The quantitative estimate of drug-likeness (QED) is 0.756. The minimum Gasteiger partial charge on any atom is -0.460 e. The number of halogens is 1. The van der Waals surface area contributed by atoms with Crippen molar-refractivity contribution in [2.24, 2.45) is 5.92 Å². The van der Waals surface area contributed by atoms with Crippen LogP contribution in [-0.4, -0.2) is 11.6 Å². The van der Waals surface area contributed by atoms with Gasteiger partial charge in [-0.15, -0.1) is 0 Å². The van der Waals surface area contributed by atoms with Crippen LogP contribution in [0.1, 0.15) is 51.5 Å². The molecule has 1 aromatic rings. The van der Waals surface area contributed by atoms with E-state index >= 15 is 0 Å². The summed E-state index contributed by atoms with van der Waals surface area (Å²) in [6, 6.07) is 7.83. The molecule has 1 aliphatic carbocycles. The molecule has 0 heterocycles. The number of benzene rings is 1. The van der Waals surface area contributed by atoms with Crippen LogP contribution in [0.2, 0.25) is 5.02 Å². The van der Waals surface area contributed by atoms with E-state index in [4.69, 9.17) is 16.3 Å². The first kappa shape index (κ1) is 14.4. The molecule has 0 bridgehead atoms. The highest BCUT2D eigenvalue weighted by molar-refractivity contribution is 6.30. The summed E-state index contributed by atoms with van der Waals surface area (Å²) in [4.78, 5) is 12.0. The second-order valence-electron chi connectivity index (χ2n) is 6.29. The Hall–Kier alpha value is -1.02. The molecule has 0 unspecified atom stereocenters. The summed E-state index contributed by atoms with van der Waals surface area (Å²) >= 11 is 5.91. The molecule has 0 saturated heterocycles. The van der Waals surface area contributed by atoms with Crippen LogP contribution in [0, 0.1) is 5.92 Å². The van der Waals surface area contributed by atoms with Crippen molar-refractivity contribution in [2.75, 3.05) is 0 Å². The Kier molecular flexibility index (Phi) is 4.19. The first-order valence-corrected chi connectivity index (χ1v) is 7.20. The van der Waals surface area contributed by atoms with Crippen molar-refractivity contribution in [3.05, 3.63) is 34.9 Å². The third-order valence-corrected chi connectivity index (χ3v) is 3.55. The van der Waals surface area contributed by atoms with Gasteiger partial charge in [0.15, 0.2) is 0 Å². The standard InChI is InChI=1S/C16H21ClO2/c1-16(2,3)19-15(18)10-14(11-4-5-11)12-6-8-13(17)9-7-12/h6-9,11,14H,4-5,10H2,1-3H3/t14-/m1/s1. The highest BCUT2D eigenvalue weighted by Crippen LogP contribution is 2.44. The minimum absolute atomic E-state index is 0.112. The number of carbonyl (C=O) groups is 1. The molecule has 19 heavy (non-hydrogen) atoms. The Labute approximate surface area is 120 Å². The van der Waals surface area contributed by atoms with Crippen molar-refractivity contribution in [2.45, 2.75) is 51.6 Å².